The number of carboxylic acids is 1. The number of carbonyl (C=O) groups is 1. The van der Waals surface area contributed by atoms with Crippen LogP contribution in [0.1, 0.15) is 37.4 Å². The van der Waals surface area contributed by atoms with Gasteiger partial charge in [-0.3, -0.25) is 4.79 Å². The minimum absolute atomic E-state index is 0.215. The van der Waals surface area contributed by atoms with Crippen molar-refractivity contribution in [2.75, 3.05) is 0 Å². The van der Waals surface area contributed by atoms with Crippen molar-refractivity contribution in [2.45, 2.75) is 45.2 Å². The van der Waals surface area contributed by atoms with E-state index in [-0.39, 0.29) is 12.0 Å². The van der Waals surface area contributed by atoms with E-state index in [0.717, 1.165) is 19.3 Å². The van der Waals surface area contributed by atoms with Crippen molar-refractivity contribution in [3.8, 4) is 0 Å². The molecule has 17 heavy (non-hydrogen) atoms. The predicted octanol–water partition coefficient (Wildman–Crippen LogP) is 1.11. The lowest BCUT2D eigenvalue weighted by Gasteiger charge is -2.26. The molecule has 1 aromatic rings. The Bertz CT molecular complexity index is 391. The Labute approximate surface area is 99.4 Å². The highest BCUT2D eigenvalue weighted by Crippen LogP contribution is 2.24. The highest BCUT2D eigenvalue weighted by molar-refractivity contribution is 5.70. The summed E-state index contributed by atoms with van der Waals surface area (Å²) in [6, 6.07) is 0.239. The molecule has 0 saturated heterocycles. The number of rotatable bonds is 4. The number of hydrogen-bond acceptors (Lipinski definition) is 5. The molecule has 0 radical (unpaired) electrons. The van der Waals surface area contributed by atoms with Crippen LogP contribution in [0.3, 0.4) is 0 Å². The molecular weight excluding hydrogens is 222 g/mol. The van der Waals surface area contributed by atoms with Gasteiger partial charge in [0.2, 0.25) is 5.89 Å². The van der Waals surface area contributed by atoms with Gasteiger partial charge >= 0.3 is 5.97 Å². The third-order valence-electron chi connectivity index (χ3n) is 3.14. The standard InChI is InChI=1S/C11H17N3O3/c1-7-13-10(14-17-7)6-12-9-4-2-3-8(5-9)11(15)16/h8-9,12H,2-6H2,1H3,(H,15,16). The van der Waals surface area contributed by atoms with Gasteiger partial charge in [0, 0.05) is 13.0 Å². The van der Waals surface area contributed by atoms with E-state index >= 15 is 0 Å². The molecule has 6 nitrogen and oxygen atoms in total. The van der Waals surface area contributed by atoms with Crippen LogP contribution in [0, 0.1) is 12.8 Å². The van der Waals surface area contributed by atoms with Gasteiger partial charge in [-0.05, 0) is 19.3 Å². The summed E-state index contributed by atoms with van der Waals surface area (Å²) < 4.78 is 4.87. The molecule has 1 fully saturated rings. The Morgan fingerprint density at radius 2 is 2.41 bits per heavy atom. The van der Waals surface area contributed by atoms with E-state index in [1.165, 1.54) is 0 Å². The Kier molecular flexibility index (Phi) is 3.73. The average molecular weight is 239 g/mol. The molecule has 1 aromatic heterocycles. The highest BCUT2D eigenvalue weighted by atomic mass is 16.5. The first kappa shape index (κ1) is 12.0. The van der Waals surface area contributed by atoms with Crippen molar-refractivity contribution in [1.29, 1.82) is 0 Å². The van der Waals surface area contributed by atoms with E-state index in [2.05, 4.69) is 15.5 Å². The molecule has 1 heterocycles. The van der Waals surface area contributed by atoms with Crippen LogP contribution in [0.15, 0.2) is 4.52 Å². The third-order valence-corrected chi connectivity index (χ3v) is 3.14. The second-order valence-electron chi connectivity index (χ2n) is 4.51. The normalized spacial score (nSPS) is 24.8. The number of aliphatic carboxylic acids is 1. The number of nitrogens with zero attached hydrogens (tertiary/aromatic N) is 2. The summed E-state index contributed by atoms with van der Waals surface area (Å²) in [5.41, 5.74) is 0. The Morgan fingerprint density at radius 3 is 3.06 bits per heavy atom. The minimum Gasteiger partial charge on any atom is -0.481 e. The Morgan fingerprint density at radius 1 is 1.59 bits per heavy atom. The van der Waals surface area contributed by atoms with Crippen LogP contribution in [0.4, 0.5) is 0 Å². The fourth-order valence-corrected chi connectivity index (χ4v) is 2.25. The van der Waals surface area contributed by atoms with Gasteiger partial charge in [-0.1, -0.05) is 11.6 Å². The van der Waals surface area contributed by atoms with Gasteiger partial charge < -0.3 is 14.9 Å². The molecule has 6 heteroatoms. The molecule has 2 atom stereocenters. The van der Waals surface area contributed by atoms with E-state index < -0.39 is 5.97 Å². The quantitative estimate of drug-likeness (QED) is 0.818. The summed E-state index contributed by atoms with van der Waals surface area (Å²) in [5, 5.41) is 16.1. The van der Waals surface area contributed by atoms with Crippen LogP contribution in [0.5, 0.6) is 0 Å². The molecule has 0 aliphatic heterocycles. The molecule has 1 aliphatic rings. The maximum atomic E-state index is 10.9. The molecule has 1 saturated carbocycles. The lowest BCUT2D eigenvalue weighted by Crippen LogP contribution is -2.36. The maximum Gasteiger partial charge on any atom is 0.306 e. The SMILES string of the molecule is Cc1nc(CNC2CCCC(C(=O)O)C2)no1. The topological polar surface area (TPSA) is 88.2 Å². The van der Waals surface area contributed by atoms with Crippen LogP contribution in [0.25, 0.3) is 0 Å². The molecule has 2 N–H and O–H groups in total. The van der Waals surface area contributed by atoms with Gasteiger partial charge in [-0.2, -0.15) is 4.98 Å². The lowest BCUT2D eigenvalue weighted by atomic mass is 9.86. The van der Waals surface area contributed by atoms with Crippen molar-refractivity contribution in [3.05, 3.63) is 11.7 Å². The summed E-state index contributed by atoms with van der Waals surface area (Å²) in [6.07, 6.45) is 3.45. The monoisotopic (exact) mass is 239 g/mol. The zero-order valence-electron chi connectivity index (χ0n) is 9.85. The second-order valence-corrected chi connectivity index (χ2v) is 4.51. The lowest BCUT2D eigenvalue weighted by molar-refractivity contribution is -0.143. The number of aromatic nitrogens is 2. The molecule has 1 aliphatic carbocycles. The molecule has 94 valence electrons. The first-order chi connectivity index (χ1) is 8.15. The van der Waals surface area contributed by atoms with Crippen molar-refractivity contribution in [2.24, 2.45) is 5.92 Å². The zero-order valence-corrected chi connectivity index (χ0v) is 9.85. The highest BCUT2D eigenvalue weighted by Gasteiger charge is 2.26. The molecule has 0 bridgehead atoms. The van der Waals surface area contributed by atoms with Crippen LogP contribution >= 0.6 is 0 Å². The Balaban J connectivity index is 1.81. The van der Waals surface area contributed by atoms with E-state index in [4.69, 9.17) is 9.63 Å². The summed E-state index contributed by atoms with van der Waals surface area (Å²) in [7, 11) is 0. The van der Waals surface area contributed by atoms with Gasteiger partial charge in [-0.15, -0.1) is 0 Å². The van der Waals surface area contributed by atoms with E-state index in [1.807, 2.05) is 0 Å². The molecule has 0 spiro atoms. The van der Waals surface area contributed by atoms with Crippen LogP contribution in [-0.2, 0) is 11.3 Å². The smallest absolute Gasteiger partial charge is 0.306 e. The summed E-state index contributed by atoms with van der Waals surface area (Å²) in [4.78, 5) is 15.0. The van der Waals surface area contributed by atoms with Crippen LogP contribution in [0.2, 0.25) is 0 Å². The average Bonchev–Trinajstić information content (AvgIpc) is 2.73. The zero-order chi connectivity index (χ0) is 12.3. The second kappa shape index (κ2) is 5.27. The van der Waals surface area contributed by atoms with Gasteiger partial charge in [-0.25, -0.2) is 0 Å². The predicted molar refractivity (Wildman–Crippen MR) is 59.3 cm³/mol. The molecule has 2 rings (SSSR count). The first-order valence-corrected chi connectivity index (χ1v) is 5.90. The molecule has 2 unspecified atom stereocenters. The fraction of sp³-hybridized carbons (Fsp3) is 0.727. The van der Waals surface area contributed by atoms with Crippen molar-refractivity contribution in [1.82, 2.24) is 15.5 Å². The number of hydrogen-bond donors (Lipinski definition) is 2. The number of nitrogens with one attached hydrogen (secondary N) is 1. The minimum atomic E-state index is -0.688. The first-order valence-electron chi connectivity index (χ1n) is 5.90. The van der Waals surface area contributed by atoms with Crippen LogP contribution < -0.4 is 5.32 Å². The molecule has 0 aromatic carbocycles. The van der Waals surface area contributed by atoms with Gasteiger partial charge in [0.15, 0.2) is 5.82 Å². The van der Waals surface area contributed by atoms with Gasteiger partial charge in [0.05, 0.1) is 12.5 Å². The van der Waals surface area contributed by atoms with Crippen molar-refractivity contribution in [3.63, 3.8) is 0 Å². The van der Waals surface area contributed by atoms with E-state index in [0.29, 0.717) is 24.7 Å². The fourth-order valence-electron chi connectivity index (χ4n) is 2.25. The van der Waals surface area contributed by atoms with Crippen LogP contribution in [-0.4, -0.2) is 27.3 Å². The van der Waals surface area contributed by atoms with Gasteiger partial charge in [0.1, 0.15) is 0 Å². The molecular formula is C11H17N3O3. The van der Waals surface area contributed by atoms with Crippen molar-refractivity contribution < 1.29 is 14.4 Å². The number of aryl methyl sites for hydroxylation is 1. The maximum absolute atomic E-state index is 10.9. The summed E-state index contributed by atoms with van der Waals surface area (Å²) in [5.74, 6) is 0.272. The Hall–Kier alpha value is -1.43. The van der Waals surface area contributed by atoms with E-state index in [1.54, 1.807) is 6.92 Å². The summed E-state index contributed by atoms with van der Waals surface area (Å²) >= 11 is 0. The molecule has 0 amide bonds. The van der Waals surface area contributed by atoms with E-state index in [9.17, 15) is 4.79 Å². The van der Waals surface area contributed by atoms with Crippen molar-refractivity contribution >= 4 is 5.97 Å². The third kappa shape index (κ3) is 3.26. The van der Waals surface area contributed by atoms with Gasteiger partial charge in [0.25, 0.3) is 0 Å². The largest absolute Gasteiger partial charge is 0.481 e. The number of carboxylic acid groups (broad SMARTS) is 1. The summed E-state index contributed by atoms with van der Waals surface area (Å²) in [6.45, 7) is 2.28.